The highest BCUT2D eigenvalue weighted by Crippen LogP contribution is 2.18. The number of esters is 4. The van der Waals surface area contributed by atoms with E-state index in [4.69, 9.17) is 25.5 Å². The van der Waals surface area contributed by atoms with E-state index < -0.39 is 53.7 Å². The number of rotatable bonds is 9. The Morgan fingerprint density at radius 1 is 0.308 bits per heavy atom. The van der Waals surface area contributed by atoms with E-state index in [2.05, 4.69) is 18.9 Å². The molecule has 0 radical (unpaired) electrons. The number of fused-ring (bicyclic) bond motifs is 1. The van der Waals surface area contributed by atoms with E-state index in [0.29, 0.717) is 27.8 Å². The summed E-state index contributed by atoms with van der Waals surface area (Å²) in [6, 6.07) is 35.2. The molecule has 0 aliphatic rings. The van der Waals surface area contributed by atoms with Gasteiger partial charge in [0.15, 0.2) is 0 Å². The first-order chi connectivity index (χ1) is 30.9. The number of carbonyl (C=O) groups excluding carboxylic acids is 4. The first-order valence-electron chi connectivity index (χ1n) is 18.3. The van der Waals surface area contributed by atoms with Gasteiger partial charge in [-0.3, -0.25) is 0 Å². The van der Waals surface area contributed by atoms with E-state index in [1.54, 1.807) is 30.3 Å². The summed E-state index contributed by atoms with van der Waals surface area (Å²) in [5.41, 5.74) is 1.95. The summed E-state index contributed by atoms with van der Waals surface area (Å²) in [7, 11) is 5.17. The van der Waals surface area contributed by atoms with Crippen molar-refractivity contribution in [2.24, 2.45) is 0 Å². The van der Waals surface area contributed by atoms with Crippen LogP contribution in [0, 0.1) is 0 Å². The third-order valence-electron chi connectivity index (χ3n) is 8.19. The minimum Gasteiger partial charge on any atom is -0.478 e. The minimum atomic E-state index is -1.13. The first kappa shape index (κ1) is 51.9. The van der Waals surface area contributed by atoms with Crippen LogP contribution in [0.4, 0.5) is 0 Å². The standard InChI is InChI=1S/C11H8O2.2C10H10O4.2C8H6O4/c12-11(13)10-7-3-5-8-4-1-2-6-9(8)10;1-13-9(11)7-3-5-8(6-4-7)10(12)14-2;1-13-9(11)7-4-3-5-8(6-7)10(12)14-2;9-7(10)5-1-2-6(4-3-5)8(11)12;9-7(10)5-2-1-3-6(4-5)8(11)12/h1-7H,(H,12,13);2*3-6H,1-2H3;2*1-4H,(H,9,10)(H,11,12). The highest BCUT2D eigenvalue weighted by atomic mass is 16.5. The fraction of sp³-hybridized carbons (Fsp3) is 0.0851. The van der Waals surface area contributed by atoms with Gasteiger partial charge in [-0.25, -0.2) is 43.2 Å². The lowest BCUT2D eigenvalue weighted by atomic mass is 10.1. The van der Waals surface area contributed by atoms with Crippen LogP contribution in [-0.2, 0) is 18.9 Å². The maximum atomic E-state index is 11.1. The van der Waals surface area contributed by atoms with E-state index >= 15 is 0 Å². The second kappa shape index (κ2) is 26.2. The summed E-state index contributed by atoms with van der Waals surface area (Å²) < 4.78 is 18.0. The van der Waals surface area contributed by atoms with Crippen LogP contribution >= 0.6 is 0 Å². The Morgan fingerprint density at radius 3 is 0.954 bits per heavy atom. The van der Waals surface area contributed by atoms with Crippen molar-refractivity contribution in [1.82, 2.24) is 0 Å². The smallest absolute Gasteiger partial charge is 0.337 e. The quantitative estimate of drug-likeness (QED) is 0.0706. The number of benzene rings is 6. The molecular weight excluding hydrogens is 852 g/mol. The summed E-state index contributed by atoms with van der Waals surface area (Å²) in [5.74, 6) is -7.07. The van der Waals surface area contributed by atoms with Crippen molar-refractivity contribution in [3.63, 3.8) is 0 Å². The summed E-state index contributed by atoms with van der Waals surface area (Å²) in [5, 5.41) is 44.6. The molecule has 0 saturated heterocycles. The predicted octanol–water partition coefficient (Wildman–Crippen LogP) is 7.22. The summed E-state index contributed by atoms with van der Waals surface area (Å²) >= 11 is 0. The second-order valence-electron chi connectivity index (χ2n) is 12.3. The van der Waals surface area contributed by atoms with Gasteiger partial charge >= 0.3 is 53.7 Å². The lowest BCUT2D eigenvalue weighted by Crippen LogP contribution is -2.05. The molecule has 6 aromatic rings. The Labute approximate surface area is 369 Å². The normalized spacial score (nSPS) is 9.48. The Balaban J connectivity index is 0.000000280. The van der Waals surface area contributed by atoms with E-state index in [9.17, 15) is 43.2 Å². The first-order valence-corrected chi connectivity index (χ1v) is 18.3. The Morgan fingerprint density at radius 2 is 0.600 bits per heavy atom. The van der Waals surface area contributed by atoms with E-state index in [1.165, 1.54) is 101 Å². The molecule has 0 atom stereocenters. The number of aromatic carboxylic acids is 5. The molecule has 0 unspecified atom stereocenters. The fourth-order valence-corrected chi connectivity index (χ4v) is 4.94. The van der Waals surface area contributed by atoms with Crippen LogP contribution in [0.3, 0.4) is 0 Å². The van der Waals surface area contributed by atoms with Gasteiger partial charge in [-0.2, -0.15) is 0 Å². The molecule has 0 aliphatic carbocycles. The highest BCUT2D eigenvalue weighted by Gasteiger charge is 2.12. The monoisotopic (exact) mass is 892 g/mol. The van der Waals surface area contributed by atoms with Gasteiger partial charge in [0.25, 0.3) is 0 Å². The van der Waals surface area contributed by atoms with Crippen LogP contribution in [0.15, 0.2) is 140 Å². The number of hydrogen-bond acceptors (Lipinski definition) is 13. The van der Waals surface area contributed by atoms with Gasteiger partial charge in [-0.05, 0) is 102 Å². The van der Waals surface area contributed by atoms with Gasteiger partial charge in [0.05, 0.1) is 78.5 Å². The number of carboxylic acids is 5. The van der Waals surface area contributed by atoms with Gasteiger partial charge in [0, 0.05) is 0 Å². The van der Waals surface area contributed by atoms with Crippen molar-refractivity contribution in [3.8, 4) is 0 Å². The molecule has 6 aromatic carbocycles. The van der Waals surface area contributed by atoms with Gasteiger partial charge < -0.3 is 44.5 Å². The average molecular weight is 893 g/mol. The molecule has 0 heterocycles. The second-order valence-corrected chi connectivity index (χ2v) is 12.3. The number of hydrogen-bond donors (Lipinski definition) is 5. The fourth-order valence-electron chi connectivity index (χ4n) is 4.94. The molecule has 0 saturated carbocycles. The predicted molar refractivity (Wildman–Crippen MR) is 230 cm³/mol. The van der Waals surface area contributed by atoms with Crippen LogP contribution in [0.2, 0.25) is 0 Å². The zero-order valence-electron chi connectivity index (χ0n) is 34.8. The third kappa shape index (κ3) is 16.7. The van der Waals surface area contributed by atoms with Gasteiger partial charge in [-0.15, -0.1) is 0 Å². The molecule has 18 heteroatoms. The number of carboxylic acid groups (broad SMARTS) is 5. The minimum absolute atomic E-state index is 0.0186. The molecule has 0 bridgehead atoms. The van der Waals surface area contributed by atoms with Crippen LogP contribution in [0.5, 0.6) is 0 Å². The molecule has 336 valence electrons. The van der Waals surface area contributed by atoms with Crippen LogP contribution in [-0.4, -0.2) is 108 Å². The molecule has 0 aromatic heterocycles. The summed E-state index contributed by atoms with van der Waals surface area (Å²) in [4.78, 5) is 96.5. The summed E-state index contributed by atoms with van der Waals surface area (Å²) in [6.07, 6.45) is 0. The van der Waals surface area contributed by atoms with Crippen molar-refractivity contribution in [2.75, 3.05) is 28.4 Å². The van der Waals surface area contributed by atoms with E-state index in [-0.39, 0.29) is 22.3 Å². The zero-order chi connectivity index (χ0) is 48.6. The molecule has 0 aliphatic heterocycles. The van der Waals surface area contributed by atoms with Crippen LogP contribution in [0.25, 0.3) is 10.8 Å². The zero-order valence-corrected chi connectivity index (χ0v) is 34.8. The largest absolute Gasteiger partial charge is 0.478 e. The average Bonchev–Trinajstić information content (AvgIpc) is 3.33. The Hall–Kier alpha value is -9.19. The third-order valence-corrected chi connectivity index (χ3v) is 8.19. The number of carbonyl (C=O) groups is 9. The molecule has 0 spiro atoms. The van der Waals surface area contributed by atoms with Crippen molar-refractivity contribution >= 4 is 64.5 Å². The van der Waals surface area contributed by atoms with Crippen molar-refractivity contribution in [3.05, 3.63) is 190 Å². The molecule has 18 nitrogen and oxygen atoms in total. The molecule has 0 fully saturated rings. The van der Waals surface area contributed by atoms with Crippen molar-refractivity contribution < 1.29 is 87.6 Å². The highest BCUT2D eigenvalue weighted by molar-refractivity contribution is 6.03. The number of methoxy groups -OCH3 is 4. The van der Waals surface area contributed by atoms with E-state index in [1.807, 2.05) is 30.3 Å². The van der Waals surface area contributed by atoms with Crippen LogP contribution in [0.1, 0.15) is 93.2 Å². The molecular formula is C47H40O18. The maximum Gasteiger partial charge on any atom is 0.337 e. The number of ether oxygens (including phenoxy) is 4. The lowest BCUT2D eigenvalue weighted by Gasteiger charge is -2.01. The maximum absolute atomic E-state index is 11.1. The topological polar surface area (TPSA) is 292 Å². The molecule has 0 amide bonds. The van der Waals surface area contributed by atoms with Gasteiger partial charge in [0.2, 0.25) is 0 Å². The Bertz CT molecular complexity index is 2520. The summed E-state index contributed by atoms with van der Waals surface area (Å²) in [6.45, 7) is 0. The lowest BCUT2D eigenvalue weighted by molar-refractivity contribution is 0.0586. The van der Waals surface area contributed by atoms with Crippen molar-refractivity contribution in [2.45, 2.75) is 0 Å². The molecule has 5 N–H and O–H groups in total. The Kier molecular flexibility index (Phi) is 20.9. The molecule has 65 heavy (non-hydrogen) atoms. The SMILES string of the molecule is COC(=O)c1ccc(C(=O)OC)cc1.COC(=O)c1cccc(C(=O)OC)c1.O=C(O)c1ccc(C(=O)O)cc1.O=C(O)c1cccc(C(=O)O)c1.O=C(O)c1cccc2ccccc12. The van der Waals surface area contributed by atoms with Gasteiger partial charge in [-0.1, -0.05) is 48.5 Å². The van der Waals surface area contributed by atoms with Crippen molar-refractivity contribution in [1.29, 1.82) is 0 Å². The van der Waals surface area contributed by atoms with Crippen LogP contribution < -0.4 is 0 Å². The van der Waals surface area contributed by atoms with E-state index in [0.717, 1.165) is 16.8 Å². The molecule has 6 rings (SSSR count). The van der Waals surface area contributed by atoms with Gasteiger partial charge in [0.1, 0.15) is 0 Å².